The summed E-state index contributed by atoms with van der Waals surface area (Å²) in [5.41, 5.74) is 4.26. The SMILES string of the molecule is CCc1ccc(C(=O)Nc2ccc(Oc3cccc(C(C)C)c3)cc2)c(C)n1. The molecule has 0 saturated carbocycles. The minimum Gasteiger partial charge on any atom is -0.457 e. The van der Waals surface area contributed by atoms with Gasteiger partial charge in [-0.2, -0.15) is 0 Å². The quantitative estimate of drug-likeness (QED) is 0.565. The smallest absolute Gasteiger partial charge is 0.257 e. The molecular formula is C24H26N2O2. The fourth-order valence-electron chi connectivity index (χ4n) is 2.93. The minimum atomic E-state index is -0.161. The summed E-state index contributed by atoms with van der Waals surface area (Å²) >= 11 is 0. The van der Waals surface area contributed by atoms with Gasteiger partial charge in [0, 0.05) is 11.4 Å². The van der Waals surface area contributed by atoms with Gasteiger partial charge in [0.15, 0.2) is 0 Å². The number of aryl methyl sites for hydroxylation is 2. The van der Waals surface area contributed by atoms with Crippen LogP contribution in [0.3, 0.4) is 0 Å². The Bertz CT molecular complexity index is 963. The van der Waals surface area contributed by atoms with Crippen LogP contribution in [0.4, 0.5) is 5.69 Å². The van der Waals surface area contributed by atoms with E-state index in [4.69, 9.17) is 4.74 Å². The first-order valence-electron chi connectivity index (χ1n) is 9.62. The van der Waals surface area contributed by atoms with Crippen LogP contribution in [-0.2, 0) is 6.42 Å². The van der Waals surface area contributed by atoms with E-state index < -0.39 is 0 Å². The second-order valence-electron chi connectivity index (χ2n) is 7.10. The Morgan fingerprint density at radius 3 is 2.43 bits per heavy atom. The number of anilines is 1. The number of hydrogen-bond donors (Lipinski definition) is 1. The van der Waals surface area contributed by atoms with E-state index in [0.29, 0.717) is 17.2 Å². The predicted octanol–water partition coefficient (Wildman–Crippen LogP) is 6.12. The molecule has 1 heterocycles. The van der Waals surface area contributed by atoms with E-state index in [1.807, 2.05) is 62.4 Å². The van der Waals surface area contributed by atoms with Gasteiger partial charge in [0.25, 0.3) is 5.91 Å². The molecule has 0 atom stereocenters. The number of amides is 1. The van der Waals surface area contributed by atoms with Gasteiger partial charge in [0.2, 0.25) is 0 Å². The summed E-state index contributed by atoms with van der Waals surface area (Å²) in [5, 5.41) is 2.92. The van der Waals surface area contributed by atoms with Crippen molar-refractivity contribution < 1.29 is 9.53 Å². The van der Waals surface area contributed by atoms with E-state index in [0.717, 1.165) is 29.3 Å². The lowest BCUT2D eigenvalue weighted by atomic mass is 10.0. The number of carbonyl (C=O) groups excluding carboxylic acids is 1. The molecule has 2 aromatic carbocycles. The number of ether oxygens (including phenoxy) is 1. The number of aromatic nitrogens is 1. The fraction of sp³-hybridized carbons (Fsp3) is 0.250. The summed E-state index contributed by atoms with van der Waals surface area (Å²) in [7, 11) is 0. The van der Waals surface area contributed by atoms with Crippen molar-refractivity contribution in [2.45, 2.75) is 40.0 Å². The third kappa shape index (κ3) is 4.77. The summed E-state index contributed by atoms with van der Waals surface area (Å²) < 4.78 is 5.94. The molecule has 0 aliphatic rings. The summed E-state index contributed by atoms with van der Waals surface area (Å²) in [6, 6.07) is 19.2. The maximum Gasteiger partial charge on any atom is 0.257 e. The number of benzene rings is 2. The highest BCUT2D eigenvalue weighted by Crippen LogP contribution is 2.26. The Morgan fingerprint density at radius 1 is 1.04 bits per heavy atom. The summed E-state index contributed by atoms with van der Waals surface area (Å²) in [5.74, 6) is 1.82. The van der Waals surface area contributed by atoms with E-state index >= 15 is 0 Å². The Labute approximate surface area is 166 Å². The topological polar surface area (TPSA) is 51.2 Å². The molecular weight excluding hydrogens is 348 g/mol. The number of carbonyl (C=O) groups is 1. The lowest BCUT2D eigenvalue weighted by Gasteiger charge is -2.11. The first-order valence-corrected chi connectivity index (χ1v) is 9.62. The van der Waals surface area contributed by atoms with Crippen LogP contribution in [-0.4, -0.2) is 10.9 Å². The Morgan fingerprint density at radius 2 is 1.79 bits per heavy atom. The highest BCUT2D eigenvalue weighted by molar-refractivity contribution is 6.05. The van der Waals surface area contributed by atoms with E-state index in [1.165, 1.54) is 5.56 Å². The maximum absolute atomic E-state index is 12.5. The third-order valence-electron chi connectivity index (χ3n) is 4.62. The van der Waals surface area contributed by atoms with E-state index in [-0.39, 0.29) is 5.91 Å². The lowest BCUT2D eigenvalue weighted by molar-refractivity contribution is 0.102. The van der Waals surface area contributed by atoms with Gasteiger partial charge in [-0.3, -0.25) is 9.78 Å². The second-order valence-corrected chi connectivity index (χ2v) is 7.10. The number of hydrogen-bond acceptors (Lipinski definition) is 3. The molecule has 0 spiro atoms. The number of nitrogens with one attached hydrogen (secondary N) is 1. The molecule has 0 unspecified atom stereocenters. The van der Waals surface area contributed by atoms with Crippen LogP contribution in [0.5, 0.6) is 11.5 Å². The van der Waals surface area contributed by atoms with Crippen molar-refractivity contribution in [3.8, 4) is 11.5 Å². The van der Waals surface area contributed by atoms with Crippen molar-refractivity contribution in [1.82, 2.24) is 4.98 Å². The van der Waals surface area contributed by atoms with Gasteiger partial charge < -0.3 is 10.1 Å². The summed E-state index contributed by atoms with van der Waals surface area (Å²) in [4.78, 5) is 17.0. The predicted molar refractivity (Wildman–Crippen MR) is 113 cm³/mol. The molecule has 144 valence electrons. The highest BCUT2D eigenvalue weighted by Gasteiger charge is 2.11. The monoisotopic (exact) mass is 374 g/mol. The molecule has 1 N–H and O–H groups in total. The van der Waals surface area contributed by atoms with Crippen molar-refractivity contribution in [3.05, 3.63) is 83.2 Å². The van der Waals surface area contributed by atoms with E-state index in [9.17, 15) is 4.79 Å². The van der Waals surface area contributed by atoms with Crippen molar-refractivity contribution in [2.75, 3.05) is 5.32 Å². The van der Waals surface area contributed by atoms with Gasteiger partial charge in [-0.1, -0.05) is 32.9 Å². The van der Waals surface area contributed by atoms with Gasteiger partial charge in [-0.15, -0.1) is 0 Å². The maximum atomic E-state index is 12.5. The second kappa shape index (κ2) is 8.70. The van der Waals surface area contributed by atoms with Crippen LogP contribution in [0.15, 0.2) is 60.7 Å². The van der Waals surface area contributed by atoms with E-state index in [2.05, 4.69) is 36.3 Å². The van der Waals surface area contributed by atoms with Gasteiger partial charge in [0.1, 0.15) is 11.5 Å². The first kappa shape index (κ1) is 19.6. The van der Waals surface area contributed by atoms with Crippen LogP contribution in [0, 0.1) is 6.92 Å². The van der Waals surface area contributed by atoms with E-state index in [1.54, 1.807) is 0 Å². The van der Waals surface area contributed by atoms with Crippen molar-refractivity contribution in [3.63, 3.8) is 0 Å². The normalized spacial score (nSPS) is 10.8. The zero-order chi connectivity index (χ0) is 20.1. The Hall–Kier alpha value is -3.14. The van der Waals surface area contributed by atoms with Crippen LogP contribution in [0.1, 0.15) is 54.0 Å². The zero-order valence-electron chi connectivity index (χ0n) is 16.8. The standard InChI is InChI=1S/C24H26N2O2/c1-5-19-11-14-23(17(4)25-19)24(27)26-20-9-12-21(13-10-20)28-22-8-6-7-18(15-22)16(2)3/h6-16H,5H2,1-4H3,(H,26,27). The minimum absolute atomic E-state index is 0.161. The number of nitrogens with zero attached hydrogens (tertiary/aromatic N) is 1. The van der Waals surface area contributed by atoms with Crippen LogP contribution in [0.2, 0.25) is 0 Å². The van der Waals surface area contributed by atoms with Gasteiger partial charge in [0.05, 0.1) is 11.3 Å². The molecule has 28 heavy (non-hydrogen) atoms. The molecule has 1 aromatic heterocycles. The average molecular weight is 374 g/mol. The average Bonchev–Trinajstić information content (AvgIpc) is 2.69. The molecule has 0 radical (unpaired) electrons. The largest absolute Gasteiger partial charge is 0.457 e. The van der Waals surface area contributed by atoms with Crippen LogP contribution >= 0.6 is 0 Å². The molecule has 0 fully saturated rings. The molecule has 0 aliphatic carbocycles. The van der Waals surface area contributed by atoms with Crippen molar-refractivity contribution in [2.24, 2.45) is 0 Å². The first-order chi connectivity index (χ1) is 13.5. The van der Waals surface area contributed by atoms with Gasteiger partial charge in [-0.05, 0) is 73.4 Å². The molecule has 4 nitrogen and oxygen atoms in total. The summed E-state index contributed by atoms with van der Waals surface area (Å²) in [6.45, 7) is 8.22. The van der Waals surface area contributed by atoms with Crippen molar-refractivity contribution in [1.29, 1.82) is 0 Å². The third-order valence-corrected chi connectivity index (χ3v) is 4.62. The van der Waals surface area contributed by atoms with Gasteiger partial charge in [-0.25, -0.2) is 0 Å². The molecule has 4 heteroatoms. The fourth-order valence-corrected chi connectivity index (χ4v) is 2.93. The number of rotatable bonds is 6. The van der Waals surface area contributed by atoms with Gasteiger partial charge >= 0.3 is 0 Å². The molecule has 3 aromatic rings. The molecule has 0 saturated heterocycles. The van der Waals surface area contributed by atoms with Crippen LogP contribution < -0.4 is 10.1 Å². The molecule has 0 bridgehead atoms. The van der Waals surface area contributed by atoms with Crippen LogP contribution in [0.25, 0.3) is 0 Å². The summed E-state index contributed by atoms with van der Waals surface area (Å²) in [6.07, 6.45) is 0.851. The number of pyridine rings is 1. The molecule has 1 amide bonds. The lowest BCUT2D eigenvalue weighted by Crippen LogP contribution is -2.14. The molecule has 3 rings (SSSR count). The zero-order valence-corrected chi connectivity index (χ0v) is 16.8. The Kier molecular flexibility index (Phi) is 6.09. The highest BCUT2D eigenvalue weighted by atomic mass is 16.5. The van der Waals surface area contributed by atoms with Crippen molar-refractivity contribution >= 4 is 11.6 Å². The Balaban J connectivity index is 1.67. The molecule has 0 aliphatic heterocycles.